The molecule has 1 heterocycles. The van der Waals surface area contributed by atoms with Crippen LogP contribution < -0.4 is 4.74 Å². The van der Waals surface area contributed by atoms with Crippen LogP contribution in [0.4, 0.5) is 0 Å². The summed E-state index contributed by atoms with van der Waals surface area (Å²) in [6, 6.07) is 6.89. The smallest absolute Gasteiger partial charge is 0.316 e. The van der Waals surface area contributed by atoms with E-state index in [1.54, 1.807) is 38.1 Å². The van der Waals surface area contributed by atoms with Crippen molar-refractivity contribution in [3.05, 3.63) is 39.8 Å². The van der Waals surface area contributed by atoms with Crippen molar-refractivity contribution in [2.24, 2.45) is 0 Å². The maximum atomic E-state index is 12.5. The zero-order valence-electron chi connectivity index (χ0n) is 13.9. The number of thioether (sulfide) groups is 2. The number of ether oxygens (including phenoxy) is 3. The van der Waals surface area contributed by atoms with Crippen molar-refractivity contribution in [2.45, 2.75) is 13.8 Å². The van der Waals surface area contributed by atoms with Crippen molar-refractivity contribution in [3.63, 3.8) is 0 Å². The second-order valence-electron chi connectivity index (χ2n) is 4.73. The summed E-state index contributed by atoms with van der Waals surface area (Å²) in [4.78, 5) is 35.8. The summed E-state index contributed by atoms with van der Waals surface area (Å²) in [5.41, 5.74) is 0.462. The fraction of sp³-hybridized carbons (Fsp3) is 0.353. The van der Waals surface area contributed by atoms with Crippen LogP contribution >= 0.6 is 23.5 Å². The first-order valence-corrected chi connectivity index (χ1v) is 9.66. The summed E-state index contributed by atoms with van der Waals surface area (Å²) in [5.74, 6) is -0.419. The Kier molecular flexibility index (Phi) is 7.39. The predicted octanol–water partition coefficient (Wildman–Crippen LogP) is 3.02. The van der Waals surface area contributed by atoms with Crippen molar-refractivity contribution in [1.82, 2.24) is 0 Å². The number of ketones is 1. The molecule has 0 amide bonds. The van der Waals surface area contributed by atoms with Crippen LogP contribution in [-0.4, -0.2) is 42.4 Å². The Balaban J connectivity index is 2.17. The van der Waals surface area contributed by atoms with Crippen LogP contribution in [-0.2, 0) is 19.1 Å². The molecule has 0 saturated carbocycles. The Morgan fingerprint density at radius 3 is 2.08 bits per heavy atom. The molecule has 134 valence electrons. The second kappa shape index (κ2) is 9.53. The zero-order chi connectivity index (χ0) is 18.2. The fourth-order valence-corrected chi connectivity index (χ4v) is 3.87. The standard InChI is InChI=1S/C17H18O6S2/c1-3-21-13(18)9-24-17(25-10-14(19)22-4-2)16-15(20)11-7-5-6-8-12(11)23-16/h5-8H,3-4,9-10H2,1-2H3. The highest BCUT2D eigenvalue weighted by molar-refractivity contribution is 8.22. The van der Waals surface area contributed by atoms with E-state index in [9.17, 15) is 14.4 Å². The van der Waals surface area contributed by atoms with Crippen LogP contribution in [0.3, 0.4) is 0 Å². The molecule has 0 atom stereocenters. The Morgan fingerprint density at radius 1 is 1.00 bits per heavy atom. The molecule has 1 aliphatic rings. The lowest BCUT2D eigenvalue weighted by Crippen LogP contribution is -2.10. The van der Waals surface area contributed by atoms with Gasteiger partial charge in [0.1, 0.15) is 5.75 Å². The normalized spacial score (nSPS) is 12.4. The van der Waals surface area contributed by atoms with Gasteiger partial charge in [-0.15, -0.1) is 23.5 Å². The van der Waals surface area contributed by atoms with Gasteiger partial charge in [0.05, 0.1) is 34.5 Å². The van der Waals surface area contributed by atoms with E-state index in [2.05, 4.69) is 0 Å². The minimum atomic E-state index is -0.398. The molecule has 0 saturated heterocycles. The van der Waals surface area contributed by atoms with E-state index in [0.29, 0.717) is 15.6 Å². The van der Waals surface area contributed by atoms with Gasteiger partial charge in [0.15, 0.2) is 5.76 Å². The van der Waals surface area contributed by atoms with E-state index in [1.165, 1.54) is 0 Å². The van der Waals surface area contributed by atoms with Gasteiger partial charge < -0.3 is 14.2 Å². The molecule has 6 nitrogen and oxygen atoms in total. The number of carbonyl (C=O) groups is 3. The number of hydrogen-bond acceptors (Lipinski definition) is 8. The maximum absolute atomic E-state index is 12.5. The van der Waals surface area contributed by atoms with Gasteiger partial charge in [-0.2, -0.15) is 0 Å². The molecule has 0 bridgehead atoms. The van der Waals surface area contributed by atoms with Crippen molar-refractivity contribution in [1.29, 1.82) is 0 Å². The summed E-state index contributed by atoms with van der Waals surface area (Å²) in [6.45, 7) is 4.00. The molecule has 0 fully saturated rings. The van der Waals surface area contributed by atoms with Crippen molar-refractivity contribution in [2.75, 3.05) is 24.7 Å². The molecular weight excluding hydrogens is 364 g/mol. The number of allylic oxidation sites excluding steroid dienone is 1. The first kappa shape index (κ1) is 19.4. The fourth-order valence-electron chi connectivity index (χ4n) is 1.98. The van der Waals surface area contributed by atoms with Gasteiger partial charge in [-0.25, -0.2) is 0 Å². The third kappa shape index (κ3) is 5.27. The van der Waals surface area contributed by atoms with Gasteiger partial charge in [0, 0.05) is 0 Å². The zero-order valence-corrected chi connectivity index (χ0v) is 15.5. The van der Waals surface area contributed by atoms with Crippen LogP contribution in [0.15, 0.2) is 34.3 Å². The molecule has 1 aromatic carbocycles. The first-order valence-electron chi connectivity index (χ1n) is 7.69. The molecule has 1 aromatic rings. The molecule has 0 aliphatic carbocycles. The van der Waals surface area contributed by atoms with Crippen LogP contribution in [0.2, 0.25) is 0 Å². The van der Waals surface area contributed by atoms with Gasteiger partial charge in [-0.1, -0.05) is 12.1 Å². The summed E-state index contributed by atoms with van der Waals surface area (Å²) in [5, 5.41) is 0. The van der Waals surface area contributed by atoms with Crippen LogP contribution in [0.1, 0.15) is 24.2 Å². The van der Waals surface area contributed by atoms with E-state index in [-0.39, 0.29) is 36.3 Å². The Bertz CT molecular complexity index is 674. The van der Waals surface area contributed by atoms with Gasteiger partial charge in [0.2, 0.25) is 5.78 Å². The molecular formula is C17H18O6S2. The largest absolute Gasteiger partial charge is 0.465 e. The minimum absolute atomic E-state index is 0.0233. The van der Waals surface area contributed by atoms with E-state index in [4.69, 9.17) is 14.2 Å². The van der Waals surface area contributed by atoms with Crippen LogP contribution in [0.25, 0.3) is 0 Å². The van der Waals surface area contributed by atoms with Gasteiger partial charge in [0.25, 0.3) is 0 Å². The molecule has 0 unspecified atom stereocenters. The van der Waals surface area contributed by atoms with E-state index < -0.39 is 11.9 Å². The summed E-state index contributed by atoms with van der Waals surface area (Å²) < 4.78 is 15.9. The first-order chi connectivity index (χ1) is 12.1. The van der Waals surface area contributed by atoms with Crippen molar-refractivity contribution < 1.29 is 28.6 Å². The second-order valence-corrected chi connectivity index (χ2v) is 6.96. The number of fused-ring (bicyclic) bond motifs is 1. The summed E-state index contributed by atoms with van der Waals surface area (Å²) in [6.07, 6.45) is 0. The number of para-hydroxylation sites is 1. The van der Waals surface area contributed by atoms with E-state index in [0.717, 1.165) is 23.5 Å². The third-order valence-corrected chi connectivity index (χ3v) is 5.35. The number of benzene rings is 1. The molecule has 2 rings (SSSR count). The Hall–Kier alpha value is -1.93. The van der Waals surface area contributed by atoms with Gasteiger partial charge >= 0.3 is 11.9 Å². The lowest BCUT2D eigenvalue weighted by molar-refractivity contribution is -0.140. The average Bonchev–Trinajstić information content (AvgIpc) is 2.93. The number of rotatable bonds is 8. The third-order valence-electron chi connectivity index (χ3n) is 2.99. The topological polar surface area (TPSA) is 78.9 Å². The van der Waals surface area contributed by atoms with Crippen LogP contribution in [0.5, 0.6) is 5.75 Å². The number of esters is 2. The average molecular weight is 382 g/mol. The molecule has 25 heavy (non-hydrogen) atoms. The van der Waals surface area contributed by atoms with Crippen molar-refractivity contribution >= 4 is 41.2 Å². The SMILES string of the molecule is CCOC(=O)CSC(SCC(=O)OCC)=C1Oc2ccccc2C1=O. The lowest BCUT2D eigenvalue weighted by atomic mass is 10.1. The molecule has 0 spiro atoms. The minimum Gasteiger partial charge on any atom is -0.465 e. The van der Waals surface area contributed by atoms with Gasteiger partial charge in [-0.05, 0) is 26.0 Å². The van der Waals surface area contributed by atoms with Crippen LogP contribution in [0, 0.1) is 0 Å². The highest BCUT2D eigenvalue weighted by Crippen LogP contribution is 2.39. The maximum Gasteiger partial charge on any atom is 0.316 e. The molecule has 0 N–H and O–H groups in total. The molecule has 8 heteroatoms. The lowest BCUT2D eigenvalue weighted by Gasteiger charge is -2.09. The highest BCUT2D eigenvalue weighted by atomic mass is 32.2. The summed E-state index contributed by atoms with van der Waals surface area (Å²) >= 11 is 2.23. The molecule has 0 radical (unpaired) electrons. The predicted molar refractivity (Wildman–Crippen MR) is 96.6 cm³/mol. The highest BCUT2D eigenvalue weighted by Gasteiger charge is 2.31. The molecule has 0 aromatic heterocycles. The van der Waals surface area contributed by atoms with Crippen molar-refractivity contribution in [3.8, 4) is 5.75 Å². The molecule has 1 aliphatic heterocycles. The summed E-state index contributed by atoms with van der Waals surface area (Å²) in [7, 11) is 0. The van der Waals surface area contributed by atoms with Gasteiger partial charge in [-0.3, -0.25) is 14.4 Å². The number of Topliss-reactive ketones (excluding diaryl/α,β-unsaturated/α-hetero) is 1. The quantitative estimate of drug-likeness (QED) is 0.501. The van der Waals surface area contributed by atoms with E-state index >= 15 is 0 Å². The van der Waals surface area contributed by atoms with E-state index in [1.807, 2.05) is 0 Å². The Morgan fingerprint density at radius 2 is 1.56 bits per heavy atom. The number of hydrogen-bond donors (Lipinski definition) is 0. The number of carbonyl (C=O) groups excluding carboxylic acids is 3. The monoisotopic (exact) mass is 382 g/mol. The Labute approximate surface area is 154 Å².